The number of alkyl halides is 5. The third kappa shape index (κ3) is 3.57. The summed E-state index contributed by atoms with van der Waals surface area (Å²) >= 11 is 0. The van der Waals surface area contributed by atoms with Gasteiger partial charge in [0.25, 0.3) is 11.8 Å². The quantitative estimate of drug-likeness (QED) is 0.523. The number of nitrogens with one attached hydrogen (secondary N) is 1. The zero-order valence-corrected chi connectivity index (χ0v) is 14.1. The summed E-state index contributed by atoms with van der Waals surface area (Å²) in [6.45, 7) is 3.05. The molecule has 0 spiro atoms. The van der Waals surface area contributed by atoms with Gasteiger partial charge < -0.3 is 5.32 Å². The van der Waals surface area contributed by atoms with E-state index in [1.807, 2.05) is 5.32 Å². The maximum Gasteiger partial charge on any atom is 0.435 e. The van der Waals surface area contributed by atoms with Crippen molar-refractivity contribution in [1.29, 1.82) is 0 Å². The Balaban J connectivity index is 2.05. The topological polar surface area (TPSA) is 59.3 Å². The lowest BCUT2D eigenvalue weighted by atomic mass is 10.1. The van der Waals surface area contributed by atoms with Crippen LogP contribution in [0.5, 0.6) is 0 Å². The number of fused-ring (bicyclic) bond motifs is 1. The maximum absolute atomic E-state index is 14.3. The predicted octanol–water partition coefficient (Wildman–Crippen LogP) is 4.04. The van der Waals surface area contributed by atoms with Gasteiger partial charge in [0.15, 0.2) is 5.69 Å². The molecule has 1 atom stereocenters. The number of halogens is 5. The minimum Gasteiger partial charge on any atom is -0.335 e. The number of aromatic nitrogens is 3. The molecular weight excluding hydrogens is 383 g/mol. The molecule has 5 nitrogen and oxygen atoms in total. The van der Waals surface area contributed by atoms with Gasteiger partial charge in [-0.15, -0.1) is 0 Å². The number of hydrogen-bond donors (Lipinski definition) is 1. The first-order valence-electron chi connectivity index (χ1n) is 7.92. The van der Waals surface area contributed by atoms with E-state index >= 15 is 0 Å². The second-order valence-corrected chi connectivity index (χ2v) is 5.78. The fourth-order valence-electron chi connectivity index (χ4n) is 2.63. The van der Waals surface area contributed by atoms with E-state index < -0.39 is 35.6 Å². The lowest BCUT2D eigenvalue weighted by molar-refractivity contribution is -0.139. The summed E-state index contributed by atoms with van der Waals surface area (Å²) in [5.41, 5.74) is -1.84. The molecule has 3 aromatic heterocycles. The molecule has 0 bridgehead atoms. The highest BCUT2D eigenvalue weighted by Crippen LogP contribution is 2.34. The highest BCUT2D eigenvalue weighted by Gasteiger charge is 2.42. The van der Waals surface area contributed by atoms with Crippen LogP contribution < -0.4 is 5.32 Å². The Hall–Kier alpha value is -3.30. The van der Waals surface area contributed by atoms with E-state index in [0.717, 1.165) is 10.5 Å². The molecule has 0 saturated heterocycles. The van der Waals surface area contributed by atoms with Crippen LogP contribution in [0.2, 0.25) is 0 Å². The fourth-order valence-corrected chi connectivity index (χ4v) is 2.63. The number of amides is 1. The van der Waals surface area contributed by atoms with Gasteiger partial charge in [0.1, 0.15) is 6.04 Å². The zero-order valence-electron chi connectivity index (χ0n) is 14.1. The van der Waals surface area contributed by atoms with Crippen molar-refractivity contribution in [3.05, 3.63) is 78.7 Å². The smallest absolute Gasteiger partial charge is 0.335 e. The summed E-state index contributed by atoms with van der Waals surface area (Å²) in [5.74, 6) is -5.50. The molecule has 1 amide bonds. The largest absolute Gasteiger partial charge is 0.435 e. The van der Waals surface area contributed by atoms with Crippen LogP contribution in [0, 0.1) is 0 Å². The molecule has 1 N–H and O–H groups in total. The van der Waals surface area contributed by atoms with Crippen LogP contribution in [-0.4, -0.2) is 26.2 Å². The number of rotatable bonds is 5. The Labute approximate surface area is 155 Å². The first kappa shape index (κ1) is 19.5. The fraction of sp³-hybridized carbons (Fsp3) is 0.167. The van der Waals surface area contributed by atoms with E-state index in [1.54, 1.807) is 0 Å². The van der Waals surface area contributed by atoms with Crippen LogP contribution in [0.25, 0.3) is 5.52 Å². The number of pyridine rings is 2. The molecule has 0 saturated carbocycles. The van der Waals surface area contributed by atoms with Crippen LogP contribution in [0.4, 0.5) is 22.0 Å². The van der Waals surface area contributed by atoms with Gasteiger partial charge in [0.05, 0.1) is 11.2 Å². The average molecular weight is 396 g/mol. The van der Waals surface area contributed by atoms with Crippen molar-refractivity contribution in [3.8, 4) is 0 Å². The molecule has 28 heavy (non-hydrogen) atoms. The van der Waals surface area contributed by atoms with Crippen molar-refractivity contribution in [2.45, 2.75) is 18.1 Å². The summed E-state index contributed by atoms with van der Waals surface area (Å²) < 4.78 is 69.1. The molecule has 0 aliphatic heterocycles. The first-order chi connectivity index (χ1) is 13.1. The molecule has 3 rings (SSSR count). The maximum atomic E-state index is 14.3. The Morgan fingerprint density at radius 3 is 2.46 bits per heavy atom. The van der Waals surface area contributed by atoms with E-state index in [2.05, 4.69) is 16.5 Å². The van der Waals surface area contributed by atoms with Crippen molar-refractivity contribution in [1.82, 2.24) is 19.7 Å². The van der Waals surface area contributed by atoms with Crippen LogP contribution in [0.15, 0.2) is 61.4 Å². The number of carbonyl (C=O) groups excluding carboxylic acids is 1. The third-order valence-corrected chi connectivity index (χ3v) is 3.94. The monoisotopic (exact) mass is 396 g/mol. The molecule has 1 unspecified atom stereocenters. The summed E-state index contributed by atoms with van der Waals surface area (Å²) in [4.78, 5) is 19.7. The van der Waals surface area contributed by atoms with Gasteiger partial charge in [0, 0.05) is 12.4 Å². The molecule has 0 aliphatic carbocycles. The van der Waals surface area contributed by atoms with Crippen molar-refractivity contribution in [2.75, 3.05) is 0 Å². The second kappa shape index (κ2) is 7.02. The molecule has 0 radical (unpaired) electrons. The van der Waals surface area contributed by atoms with E-state index in [0.29, 0.717) is 6.08 Å². The van der Waals surface area contributed by atoms with Crippen LogP contribution in [0.1, 0.15) is 28.0 Å². The van der Waals surface area contributed by atoms with Crippen molar-refractivity contribution in [3.63, 3.8) is 0 Å². The van der Waals surface area contributed by atoms with E-state index in [-0.39, 0.29) is 11.2 Å². The predicted molar refractivity (Wildman–Crippen MR) is 89.8 cm³/mol. The standard InChI is InChI=1S/C18H13F5N4O/c1-2-17(19,20)13(11-7-3-5-9-24-11)26-16(28)15-25-14(18(21,22)23)12-8-4-6-10-27(12)15/h2-10,13H,1H2,(H,26,28). The Morgan fingerprint density at radius 2 is 1.86 bits per heavy atom. The van der Waals surface area contributed by atoms with Gasteiger partial charge in [-0.3, -0.25) is 14.2 Å². The first-order valence-corrected chi connectivity index (χ1v) is 7.92. The Bertz CT molecular complexity index is 1010. The van der Waals surface area contributed by atoms with Gasteiger partial charge in [-0.05, 0) is 30.3 Å². The Kier molecular flexibility index (Phi) is 4.88. The van der Waals surface area contributed by atoms with Crippen LogP contribution in [-0.2, 0) is 6.18 Å². The highest BCUT2D eigenvalue weighted by atomic mass is 19.4. The molecule has 10 heteroatoms. The number of imidazole rings is 1. The molecule has 0 aromatic carbocycles. The molecule has 146 valence electrons. The average Bonchev–Trinajstić information content (AvgIpc) is 3.07. The van der Waals surface area contributed by atoms with Gasteiger partial charge in [-0.1, -0.05) is 18.7 Å². The minimum atomic E-state index is -4.82. The SMILES string of the molecule is C=CC(F)(F)C(NC(=O)c1nc(C(F)(F)F)c2ccccn12)c1ccccn1. The lowest BCUT2D eigenvalue weighted by Gasteiger charge is -2.24. The molecule has 3 heterocycles. The second-order valence-electron chi connectivity index (χ2n) is 5.78. The summed E-state index contributed by atoms with van der Waals surface area (Å²) in [5, 5.41) is 2.02. The molecule has 0 aliphatic rings. The molecular formula is C18H13F5N4O. The lowest BCUT2D eigenvalue weighted by Crippen LogP contribution is -2.40. The van der Waals surface area contributed by atoms with Gasteiger partial charge in [-0.2, -0.15) is 22.0 Å². The van der Waals surface area contributed by atoms with Gasteiger partial charge in [0.2, 0.25) is 5.82 Å². The van der Waals surface area contributed by atoms with Crippen molar-refractivity contribution in [2.24, 2.45) is 0 Å². The minimum absolute atomic E-state index is 0.183. The molecule has 3 aromatic rings. The van der Waals surface area contributed by atoms with Crippen LogP contribution in [0.3, 0.4) is 0 Å². The van der Waals surface area contributed by atoms with Gasteiger partial charge >= 0.3 is 6.18 Å². The van der Waals surface area contributed by atoms with E-state index in [1.165, 1.54) is 42.7 Å². The van der Waals surface area contributed by atoms with Gasteiger partial charge in [-0.25, -0.2) is 4.98 Å². The van der Waals surface area contributed by atoms with E-state index in [9.17, 15) is 26.7 Å². The summed E-state index contributed by atoms with van der Waals surface area (Å²) in [7, 11) is 0. The third-order valence-electron chi connectivity index (χ3n) is 3.94. The summed E-state index contributed by atoms with van der Waals surface area (Å²) in [6, 6.07) is 6.11. The number of hydrogen-bond acceptors (Lipinski definition) is 3. The molecule has 0 fully saturated rings. The Morgan fingerprint density at radius 1 is 1.14 bits per heavy atom. The normalized spacial score (nSPS) is 13.3. The van der Waals surface area contributed by atoms with Crippen molar-refractivity contribution < 1.29 is 26.7 Å². The van der Waals surface area contributed by atoms with E-state index in [4.69, 9.17) is 0 Å². The summed E-state index contributed by atoms with van der Waals surface area (Å²) in [6.07, 6.45) is -2.05. The van der Waals surface area contributed by atoms with Crippen LogP contribution >= 0.6 is 0 Å². The number of carbonyl (C=O) groups is 1. The highest BCUT2D eigenvalue weighted by molar-refractivity contribution is 5.92. The zero-order chi connectivity index (χ0) is 20.5. The van der Waals surface area contributed by atoms with Crippen molar-refractivity contribution >= 4 is 11.4 Å². The number of nitrogens with zero attached hydrogens (tertiary/aromatic N) is 3.